The van der Waals surface area contributed by atoms with Gasteiger partial charge in [0, 0.05) is 30.2 Å². The van der Waals surface area contributed by atoms with Crippen LogP contribution in [-0.4, -0.2) is 29.5 Å². The monoisotopic (exact) mass is 342 g/mol. The molecule has 0 radical (unpaired) electrons. The van der Waals surface area contributed by atoms with Crippen molar-refractivity contribution in [1.29, 1.82) is 0 Å². The molecule has 2 aliphatic rings. The van der Waals surface area contributed by atoms with Crippen LogP contribution in [0.4, 0.5) is 0 Å². The largest absolute Gasteiger partial charge is 0.361 e. The Balaban J connectivity index is 1.15. The van der Waals surface area contributed by atoms with Crippen LogP contribution >= 0.6 is 0 Å². The second kappa shape index (κ2) is 6.77. The standard InChI is InChI=1S/C24H26N2/c1-2-9-21-18(7-1)15-20-17-26(14-12-22(20)21)13-6-5-8-19-16-25-24-11-4-3-10-23(19)24/h1-4,7,9-11,16,25H,5-6,8,12-15,17H2. The minimum atomic E-state index is 1.18. The summed E-state index contributed by atoms with van der Waals surface area (Å²) >= 11 is 0. The summed E-state index contributed by atoms with van der Waals surface area (Å²) in [6.45, 7) is 3.63. The molecule has 3 aromatic rings. The number of benzene rings is 2. The first-order valence-electron chi connectivity index (χ1n) is 9.95. The van der Waals surface area contributed by atoms with Crippen LogP contribution in [0.2, 0.25) is 0 Å². The molecule has 1 aromatic heterocycles. The molecule has 2 heteroatoms. The molecular formula is C24H26N2. The maximum atomic E-state index is 3.40. The van der Waals surface area contributed by atoms with Gasteiger partial charge in [0.25, 0.3) is 0 Å². The van der Waals surface area contributed by atoms with Crippen LogP contribution < -0.4 is 0 Å². The minimum absolute atomic E-state index is 1.18. The van der Waals surface area contributed by atoms with Gasteiger partial charge in [-0.15, -0.1) is 0 Å². The van der Waals surface area contributed by atoms with E-state index in [4.69, 9.17) is 0 Å². The average molecular weight is 342 g/mol. The molecule has 0 bridgehead atoms. The van der Waals surface area contributed by atoms with E-state index in [0.29, 0.717) is 0 Å². The Morgan fingerprint density at radius 3 is 2.85 bits per heavy atom. The van der Waals surface area contributed by atoms with Gasteiger partial charge in [0.15, 0.2) is 0 Å². The van der Waals surface area contributed by atoms with Crippen molar-refractivity contribution in [3.05, 3.63) is 77.0 Å². The maximum absolute atomic E-state index is 3.40. The van der Waals surface area contributed by atoms with Crippen molar-refractivity contribution in [2.45, 2.75) is 32.1 Å². The highest BCUT2D eigenvalue weighted by molar-refractivity contribution is 5.83. The van der Waals surface area contributed by atoms with Crippen molar-refractivity contribution in [2.24, 2.45) is 0 Å². The van der Waals surface area contributed by atoms with Crippen molar-refractivity contribution in [3.63, 3.8) is 0 Å². The molecule has 2 heterocycles. The molecular weight excluding hydrogens is 316 g/mol. The molecule has 1 aliphatic heterocycles. The summed E-state index contributed by atoms with van der Waals surface area (Å²) in [5.74, 6) is 0. The summed E-state index contributed by atoms with van der Waals surface area (Å²) in [6, 6.07) is 17.6. The molecule has 0 unspecified atom stereocenters. The second-order valence-corrected chi connectivity index (χ2v) is 7.76. The predicted molar refractivity (Wildman–Crippen MR) is 109 cm³/mol. The first kappa shape index (κ1) is 15.9. The Morgan fingerprint density at radius 2 is 1.85 bits per heavy atom. The van der Waals surface area contributed by atoms with E-state index in [9.17, 15) is 0 Å². The molecule has 1 N–H and O–H groups in total. The van der Waals surface area contributed by atoms with Crippen LogP contribution in [0.25, 0.3) is 16.5 Å². The highest BCUT2D eigenvalue weighted by atomic mass is 15.1. The zero-order valence-corrected chi connectivity index (χ0v) is 15.3. The van der Waals surface area contributed by atoms with Crippen molar-refractivity contribution < 1.29 is 0 Å². The SMILES string of the molecule is c1ccc2c(c1)CC1=C2CCN(CCCCc2c[nH]c3ccccc23)C1. The van der Waals surface area contributed by atoms with Crippen LogP contribution in [0.5, 0.6) is 0 Å². The first-order chi connectivity index (χ1) is 12.9. The lowest BCUT2D eigenvalue weighted by molar-refractivity contribution is 0.287. The van der Waals surface area contributed by atoms with Crippen LogP contribution in [0.3, 0.4) is 0 Å². The van der Waals surface area contributed by atoms with Gasteiger partial charge in [-0.1, -0.05) is 42.5 Å². The summed E-state index contributed by atoms with van der Waals surface area (Å²) in [7, 11) is 0. The number of para-hydroxylation sites is 1. The second-order valence-electron chi connectivity index (χ2n) is 7.76. The molecule has 0 saturated heterocycles. The van der Waals surface area contributed by atoms with Gasteiger partial charge in [-0.2, -0.15) is 0 Å². The lowest BCUT2D eigenvalue weighted by atomic mass is 9.99. The Hall–Kier alpha value is -2.32. The third-order valence-electron chi connectivity index (χ3n) is 6.11. The van der Waals surface area contributed by atoms with E-state index < -0.39 is 0 Å². The first-order valence-corrected chi connectivity index (χ1v) is 9.95. The number of H-pyrrole nitrogens is 1. The number of nitrogens with zero attached hydrogens (tertiary/aromatic N) is 1. The smallest absolute Gasteiger partial charge is 0.0456 e. The van der Waals surface area contributed by atoms with Crippen molar-refractivity contribution in [1.82, 2.24) is 9.88 Å². The Kier molecular flexibility index (Phi) is 4.14. The molecule has 132 valence electrons. The van der Waals surface area contributed by atoms with E-state index in [1.165, 1.54) is 73.8 Å². The zero-order chi connectivity index (χ0) is 17.3. The van der Waals surface area contributed by atoms with Gasteiger partial charge in [0.05, 0.1) is 0 Å². The van der Waals surface area contributed by atoms with Crippen LogP contribution in [-0.2, 0) is 12.8 Å². The summed E-state index contributed by atoms with van der Waals surface area (Å²) in [6.07, 6.45) is 8.33. The number of hydrogen-bond donors (Lipinski definition) is 1. The number of nitrogens with one attached hydrogen (secondary N) is 1. The number of rotatable bonds is 5. The molecule has 5 rings (SSSR count). The van der Waals surface area contributed by atoms with Gasteiger partial charge >= 0.3 is 0 Å². The molecule has 0 fully saturated rings. The third-order valence-corrected chi connectivity index (χ3v) is 6.11. The number of aromatic amines is 1. The fraction of sp³-hybridized carbons (Fsp3) is 0.333. The maximum Gasteiger partial charge on any atom is 0.0456 e. The van der Waals surface area contributed by atoms with Crippen molar-refractivity contribution in [2.75, 3.05) is 19.6 Å². The molecule has 0 atom stereocenters. The van der Waals surface area contributed by atoms with Crippen molar-refractivity contribution in [3.8, 4) is 0 Å². The van der Waals surface area contributed by atoms with Gasteiger partial charge in [-0.3, -0.25) is 4.90 Å². The van der Waals surface area contributed by atoms with Crippen LogP contribution in [0, 0.1) is 0 Å². The highest BCUT2D eigenvalue weighted by Crippen LogP contribution is 2.37. The fourth-order valence-electron chi connectivity index (χ4n) is 4.76. The number of unbranched alkanes of at least 4 members (excludes halogenated alkanes) is 1. The number of hydrogen-bond acceptors (Lipinski definition) is 1. The molecule has 0 saturated carbocycles. The Labute approximate surface area is 155 Å². The van der Waals surface area contributed by atoms with E-state index in [2.05, 4.69) is 64.6 Å². The molecule has 0 amide bonds. The lowest BCUT2D eigenvalue weighted by Gasteiger charge is -2.28. The normalized spacial score (nSPS) is 16.9. The van der Waals surface area contributed by atoms with E-state index in [0.717, 1.165) is 0 Å². The average Bonchev–Trinajstić information content (AvgIpc) is 3.26. The highest BCUT2D eigenvalue weighted by Gasteiger charge is 2.26. The summed E-state index contributed by atoms with van der Waals surface area (Å²) in [4.78, 5) is 6.06. The van der Waals surface area contributed by atoms with Gasteiger partial charge in [0.1, 0.15) is 0 Å². The van der Waals surface area contributed by atoms with E-state index in [1.807, 2.05) is 0 Å². The Bertz CT molecular complexity index is 963. The van der Waals surface area contributed by atoms with Gasteiger partial charge < -0.3 is 4.98 Å². The van der Waals surface area contributed by atoms with Crippen molar-refractivity contribution >= 4 is 16.5 Å². The molecule has 1 aliphatic carbocycles. The molecule has 0 spiro atoms. The van der Waals surface area contributed by atoms with Gasteiger partial charge in [-0.05, 0) is 72.6 Å². The summed E-state index contributed by atoms with van der Waals surface area (Å²) in [5, 5.41) is 1.39. The Morgan fingerprint density at radius 1 is 0.962 bits per heavy atom. The lowest BCUT2D eigenvalue weighted by Crippen LogP contribution is -2.31. The summed E-state index contributed by atoms with van der Waals surface area (Å²) < 4.78 is 0. The van der Waals surface area contributed by atoms with E-state index in [1.54, 1.807) is 16.7 Å². The number of aromatic nitrogens is 1. The van der Waals surface area contributed by atoms with Crippen LogP contribution in [0.15, 0.2) is 60.3 Å². The predicted octanol–water partition coefficient (Wildman–Crippen LogP) is 5.21. The molecule has 26 heavy (non-hydrogen) atoms. The van der Waals surface area contributed by atoms with E-state index in [-0.39, 0.29) is 0 Å². The topological polar surface area (TPSA) is 19.0 Å². The molecule has 2 nitrogen and oxygen atoms in total. The summed E-state index contributed by atoms with van der Waals surface area (Å²) in [5.41, 5.74) is 9.12. The van der Waals surface area contributed by atoms with Gasteiger partial charge in [-0.25, -0.2) is 0 Å². The molecule has 2 aromatic carbocycles. The number of fused-ring (bicyclic) bond motifs is 3. The van der Waals surface area contributed by atoms with Crippen LogP contribution in [0.1, 0.15) is 36.0 Å². The van der Waals surface area contributed by atoms with Gasteiger partial charge in [0.2, 0.25) is 0 Å². The minimum Gasteiger partial charge on any atom is -0.361 e. The fourth-order valence-corrected chi connectivity index (χ4v) is 4.76. The third kappa shape index (κ3) is 2.89. The quantitative estimate of drug-likeness (QED) is 0.631. The number of aryl methyl sites for hydroxylation is 1. The zero-order valence-electron chi connectivity index (χ0n) is 15.3. The van der Waals surface area contributed by atoms with E-state index >= 15 is 0 Å².